The lowest BCUT2D eigenvalue weighted by molar-refractivity contribution is 0.199. The molecule has 6 heteroatoms. The molecule has 1 aliphatic carbocycles. The van der Waals surface area contributed by atoms with Crippen LogP contribution in [0.1, 0.15) is 12.8 Å². The van der Waals surface area contributed by atoms with Gasteiger partial charge in [0.15, 0.2) is 5.84 Å². The molecule has 0 aliphatic heterocycles. The number of nitrogens with two attached hydrogens (primary N) is 1. The summed E-state index contributed by atoms with van der Waals surface area (Å²) in [5.74, 6) is 0.0959. The van der Waals surface area contributed by atoms with Gasteiger partial charge in [-0.05, 0) is 12.8 Å². The number of nitrogens with zero attached hydrogens (tertiary/aromatic N) is 2. The summed E-state index contributed by atoms with van der Waals surface area (Å²) >= 11 is 0. The van der Waals surface area contributed by atoms with Gasteiger partial charge in [-0.3, -0.25) is 0 Å². The molecule has 2 amide bonds. The highest BCUT2D eigenvalue weighted by molar-refractivity contribution is 5.96. The third-order valence-corrected chi connectivity index (χ3v) is 2.47. The molecule has 74 valence electrons. The summed E-state index contributed by atoms with van der Waals surface area (Å²) in [7, 11) is 3.17. The van der Waals surface area contributed by atoms with Crippen molar-refractivity contribution in [2.75, 3.05) is 14.1 Å². The van der Waals surface area contributed by atoms with Gasteiger partial charge in [0.2, 0.25) is 0 Å². The van der Waals surface area contributed by atoms with Crippen molar-refractivity contribution in [3.63, 3.8) is 0 Å². The number of rotatable bonds is 2. The maximum Gasteiger partial charge on any atom is 0.317 e. The Morgan fingerprint density at radius 3 is 2.54 bits per heavy atom. The van der Waals surface area contributed by atoms with Crippen LogP contribution in [0.2, 0.25) is 0 Å². The summed E-state index contributed by atoms with van der Waals surface area (Å²) < 4.78 is 0. The van der Waals surface area contributed by atoms with E-state index in [1.165, 1.54) is 4.90 Å². The minimum absolute atomic E-state index is 0.0959. The number of hydrogen-bond acceptors (Lipinski definition) is 3. The Morgan fingerprint density at radius 1 is 1.69 bits per heavy atom. The highest BCUT2D eigenvalue weighted by Gasteiger charge is 2.52. The van der Waals surface area contributed by atoms with Crippen molar-refractivity contribution in [1.29, 1.82) is 0 Å². The Hall–Kier alpha value is -1.46. The quantitative estimate of drug-likeness (QED) is 0.236. The summed E-state index contributed by atoms with van der Waals surface area (Å²) in [5, 5.41) is 13.9. The largest absolute Gasteiger partial charge is 0.409 e. The summed E-state index contributed by atoms with van der Waals surface area (Å²) in [4.78, 5) is 12.7. The molecule has 1 aliphatic rings. The third-order valence-electron chi connectivity index (χ3n) is 2.47. The zero-order valence-corrected chi connectivity index (χ0v) is 7.74. The first-order chi connectivity index (χ1) is 6.08. The number of oxime groups is 1. The summed E-state index contributed by atoms with van der Waals surface area (Å²) in [6.45, 7) is 0. The predicted molar refractivity (Wildman–Crippen MR) is 47.6 cm³/mol. The van der Waals surface area contributed by atoms with Crippen molar-refractivity contribution < 1.29 is 10.0 Å². The van der Waals surface area contributed by atoms with Gasteiger partial charge in [-0.25, -0.2) is 4.79 Å². The van der Waals surface area contributed by atoms with Gasteiger partial charge >= 0.3 is 6.03 Å². The van der Waals surface area contributed by atoms with Gasteiger partial charge < -0.3 is 21.2 Å². The van der Waals surface area contributed by atoms with Crippen molar-refractivity contribution >= 4 is 11.9 Å². The van der Waals surface area contributed by atoms with E-state index in [1.54, 1.807) is 14.1 Å². The Balaban J connectivity index is 2.76. The normalized spacial score (nSPS) is 19.4. The van der Waals surface area contributed by atoms with Crippen molar-refractivity contribution in [3.8, 4) is 0 Å². The van der Waals surface area contributed by atoms with Crippen LogP contribution < -0.4 is 11.1 Å². The highest BCUT2D eigenvalue weighted by atomic mass is 16.4. The second kappa shape index (κ2) is 3.12. The molecule has 1 fully saturated rings. The fourth-order valence-electron chi connectivity index (χ4n) is 1.34. The molecule has 1 rings (SSSR count). The molecule has 0 bridgehead atoms. The Labute approximate surface area is 76.4 Å². The van der Waals surface area contributed by atoms with Crippen LogP contribution in [0.15, 0.2) is 5.16 Å². The standard InChI is InChI=1S/C7H14N4O2/c1-9-6(12)11(2)7(3-4-7)5(8)10-13/h13H,3-4H2,1-2H3,(H2,8,10)(H,9,12). The number of hydrogen-bond donors (Lipinski definition) is 3. The Bertz CT molecular complexity index is 247. The molecule has 0 aromatic rings. The van der Waals surface area contributed by atoms with E-state index in [0.29, 0.717) is 0 Å². The smallest absolute Gasteiger partial charge is 0.317 e. The van der Waals surface area contributed by atoms with Crippen molar-refractivity contribution in [2.45, 2.75) is 18.4 Å². The molecule has 6 nitrogen and oxygen atoms in total. The molecule has 0 saturated heterocycles. The maximum atomic E-state index is 11.2. The second-order valence-corrected chi connectivity index (χ2v) is 3.13. The molecule has 0 radical (unpaired) electrons. The fraction of sp³-hybridized carbons (Fsp3) is 0.714. The summed E-state index contributed by atoms with van der Waals surface area (Å²) in [6.07, 6.45) is 1.49. The second-order valence-electron chi connectivity index (χ2n) is 3.13. The minimum Gasteiger partial charge on any atom is -0.409 e. The maximum absolute atomic E-state index is 11.2. The van der Waals surface area contributed by atoms with Gasteiger partial charge in [0, 0.05) is 14.1 Å². The van der Waals surface area contributed by atoms with E-state index in [9.17, 15) is 4.79 Å². The number of amidine groups is 1. The van der Waals surface area contributed by atoms with E-state index in [-0.39, 0.29) is 11.9 Å². The van der Waals surface area contributed by atoms with Crippen LogP contribution in [0.5, 0.6) is 0 Å². The van der Waals surface area contributed by atoms with Gasteiger partial charge in [-0.2, -0.15) is 0 Å². The van der Waals surface area contributed by atoms with Crippen molar-refractivity contribution in [2.24, 2.45) is 10.9 Å². The van der Waals surface area contributed by atoms with Crippen LogP contribution >= 0.6 is 0 Å². The zero-order chi connectivity index (χ0) is 10.1. The first-order valence-corrected chi connectivity index (χ1v) is 4.02. The van der Waals surface area contributed by atoms with Crippen LogP contribution in [0, 0.1) is 0 Å². The molecule has 0 atom stereocenters. The summed E-state index contributed by atoms with van der Waals surface area (Å²) in [6, 6.07) is -0.232. The van der Waals surface area contributed by atoms with Gasteiger partial charge in [-0.15, -0.1) is 0 Å². The third kappa shape index (κ3) is 1.39. The molecular weight excluding hydrogens is 172 g/mol. The van der Waals surface area contributed by atoms with Gasteiger partial charge in [0.05, 0.1) is 0 Å². The molecule has 0 spiro atoms. The van der Waals surface area contributed by atoms with Crippen LogP contribution in [-0.4, -0.2) is 41.6 Å². The first kappa shape index (κ1) is 9.63. The highest BCUT2D eigenvalue weighted by Crippen LogP contribution is 2.40. The average molecular weight is 186 g/mol. The topological polar surface area (TPSA) is 91.0 Å². The van der Waals surface area contributed by atoms with E-state index in [2.05, 4.69) is 10.5 Å². The lowest BCUT2D eigenvalue weighted by Gasteiger charge is -2.26. The SMILES string of the molecule is CNC(=O)N(C)C1(/C(N)=N/O)CC1. The molecule has 0 aromatic carbocycles. The van der Waals surface area contributed by atoms with Crippen LogP contribution in [-0.2, 0) is 0 Å². The van der Waals surface area contributed by atoms with Crippen molar-refractivity contribution in [1.82, 2.24) is 10.2 Å². The lowest BCUT2D eigenvalue weighted by atomic mass is 10.2. The molecular formula is C7H14N4O2. The van der Waals surface area contributed by atoms with Crippen molar-refractivity contribution in [3.05, 3.63) is 0 Å². The van der Waals surface area contributed by atoms with Crippen LogP contribution in [0.25, 0.3) is 0 Å². The molecule has 0 heterocycles. The Morgan fingerprint density at radius 2 is 2.23 bits per heavy atom. The first-order valence-electron chi connectivity index (χ1n) is 4.02. The molecule has 13 heavy (non-hydrogen) atoms. The van der Waals surface area contributed by atoms with E-state index in [0.717, 1.165) is 12.8 Å². The monoisotopic (exact) mass is 186 g/mol. The van der Waals surface area contributed by atoms with E-state index < -0.39 is 5.54 Å². The van der Waals surface area contributed by atoms with E-state index in [4.69, 9.17) is 10.9 Å². The number of amides is 2. The van der Waals surface area contributed by atoms with E-state index in [1.807, 2.05) is 0 Å². The number of urea groups is 1. The molecule has 0 unspecified atom stereocenters. The molecule has 4 N–H and O–H groups in total. The van der Waals surface area contributed by atoms with Gasteiger partial charge in [0.1, 0.15) is 5.54 Å². The number of carbonyl (C=O) groups excluding carboxylic acids is 1. The molecule has 1 saturated carbocycles. The zero-order valence-electron chi connectivity index (χ0n) is 7.74. The predicted octanol–water partition coefficient (Wildman–Crippen LogP) is -0.463. The minimum atomic E-state index is -0.561. The fourth-order valence-corrected chi connectivity index (χ4v) is 1.34. The van der Waals surface area contributed by atoms with E-state index >= 15 is 0 Å². The number of carbonyl (C=O) groups is 1. The number of nitrogens with one attached hydrogen (secondary N) is 1. The summed E-state index contributed by atoms with van der Waals surface area (Å²) in [5.41, 5.74) is 4.92. The van der Waals surface area contributed by atoms with Gasteiger partial charge in [0.25, 0.3) is 0 Å². The van der Waals surface area contributed by atoms with Crippen LogP contribution in [0.4, 0.5) is 4.79 Å². The Kier molecular flexibility index (Phi) is 2.31. The van der Waals surface area contributed by atoms with Gasteiger partial charge in [-0.1, -0.05) is 5.16 Å². The lowest BCUT2D eigenvalue weighted by Crippen LogP contribution is -2.50. The average Bonchev–Trinajstić information content (AvgIpc) is 2.95. The molecule has 0 aromatic heterocycles. The number of likely N-dealkylation sites (N-methyl/N-ethyl adjacent to an activating group) is 1. The van der Waals surface area contributed by atoms with Crippen LogP contribution in [0.3, 0.4) is 0 Å².